The highest BCUT2D eigenvalue weighted by molar-refractivity contribution is 5.71. The molecular formula is C71H122O6. The maximum Gasteiger partial charge on any atom is 0.306 e. The molecule has 0 fully saturated rings. The van der Waals surface area contributed by atoms with E-state index in [4.69, 9.17) is 14.2 Å². The number of ether oxygens (including phenoxy) is 3. The second-order valence-corrected chi connectivity index (χ2v) is 21.6. The van der Waals surface area contributed by atoms with Gasteiger partial charge in [-0.1, -0.05) is 285 Å². The van der Waals surface area contributed by atoms with E-state index in [2.05, 4.69) is 112 Å². The average Bonchev–Trinajstić information content (AvgIpc) is 3.43. The van der Waals surface area contributed by atoms with Gasteiger partial charge in [0, 0.05) is 19.3 Å². The standard InChI is InChI=1S/C71H122O6/c1-4-7-10-13-16-19-22-25-28-31-34-35-38-40-43-46-49-52-55-58-61-64-70(73)76-67-68(77-71(74)65-62-59-56-53-50-47-44-41-37-33-30-27-24-21-18-15-12-9-6-3)66-75-69(72)63-60-57-54-51-48-45-42-39-36-32-29-26-23-20-17-14-11-8-5-2/h9,12,18,21,26-27,29-31,34,37,41,47,50,56,59,68H,4-8,10-11,13-17,19-20,22-25,28,32-33,35-36,38-40,42-46,48-49,51-55,57-58,60-67H2,1-3H3/b12-9-,21-18-,29-26-,30-27-,34-31-,41-37-,50-47-,59-56-. The maximum absolute atomic E-state index is 12.9. The van der Waals surface area contributed by atoms with Crippen LogP contribution in [0.1, 0.15) is 316 Å². The lowest BCUT2D eigenvalue weighted by Crippen LogP contribution is -2.30. The minimum Gasteiger partial charge on any atom is -0.462 e. The Morgan fingerprint density at radius 1 is 0.273 bits per heavy atom. The van der Waals surface area contributed by atoms with E-state index < -0.39 is 12.1 Å². The van der Waals surface area contributed by atoms with Crippen molar-refractivity contribution in [3.05, 3.63) is 97.2 Å². The van der Waals surface area contributed by atoms with Gasteiger partial charge in [0.25, 0.3) is 0 Å². The van der Waals surface area contributed by atoms with Crippen LogP contribution in [-0.2, 0) is 28.6 Å². The molecule has 1 unspecified atom stereocenters. The second kappa shape index (κ2) is 64.9. The molecule has 0 spiro atoms. The predicted octanol–water partition coefficient (Wildman–Crippen LogP) is 22.4. The average molecular weight is 1070 g/mol. The fraction of sp³-hybridized carbons (Fsp3) is 0.732. The van der Waals surface area contributed by atoms with Gasteiger partial charge in [0.15, 0.2) is 6.10 Å². The van der Waals surface area contributed by atoms with E-state index in [0.29, 0.717) is 19.3 Å². The minimum atomic E-state index is -0.822. The monoisotopic (exact) mass is 1070 g/mol. The first-order chi connectivity index (χ1) is 38.0. The smallest absolute Gasteiger partial charge is 0.306 e. The summed E-state index contributed by atoms with van der Waals surface area (Å²) in [6, 6.07) is 0. The SMILES string of the molecule is CC/C=C\C/C=C\C/C=C\C/C=C\C/C=C\C/C=C\CCC(=O)OC(COC(=O)CCCCCCCCCCC/C=C\CCCCCCCC)COC(=O)CCCCCCCCCCC/C=C\CCCCCCCCCC. The number of hydrogen-bond acceptors (Lipinski definition) is 6. The van der Waals surface area contributed by atoms with E-state index in [9.17, 15) is 14.4 Å². The van der Waals surface area contributed by atoms with E-state index in [1.807, 2.05) is 6.08 Å². The molecule has 6 nitrogen and oxygen atoms in total. The third kappa shape index (κ3) is 63.0. The molecule has 0 rings (SSSR count). The predicted molar refractivity (Wildman–Crippen MR) is 334 cm³/mol. The zero-order chi connectivity index (χ0) is 55.7. The van der Waals surface area contributed by atoms with Crippen LogP contribution in [0, 0.1) is 0 Å². The number of hydrogen-bond donors (Lipinski definition) is 0. The van der Waals surface area contributed by atoms with E-state index >= 15 is 0 Å². The molecule has 0 N–H and O–H groups in total. The van der Waals surface area contributed by atoms with E-state index in [-0.39, 0.29) is 31.6 Å². The highest BCUT2D eigenvalue weighted by Gasteiger charge is 2.19. The molecule has 0 radical (unpaired) electrons. The summed E-state index contributed by atoms with van der Waals surface area (Å²) in [5.41, 5.74) is 0. The molecule has 0 aliphatic rings. The first-order valence-electron chi connectivity index (χ1n) is 32.7. The van der Waals surface area contributed by atoms with Crippen LogP contribution in [0.25, 0.3) is 0 Å². The Labute approximate surface area is 477 Å². The third-order valence-electron chi connectivity index (χ3n) is 14.1. The molecular weight excluding hydrogens is 949 g/mol. The summed E-state index contributed by atoms with van der Waals surface area (Å²) in [4.78, 5) is 38.3. The third-order valence-corrected chi connectivity index (χ3v) is 14.1. The number of unbranched alkanes of at least 4 members (excludes halogenated alkanes) is 32. The van der Waals surface area contributed by atoms with Gasteiger partial charge in [-0.2, -0.15) is 0 Å². The van der Waals surface area contributed by atoms with Crippen molar-refractivity contribution in [1.82, 2.24) is 0 Å². The number of carbonyl (C=O) groups is 3. The Morgan fingerprint density at radius 2 is 0.532 bits per heavy atom. The maximum atomic E-state index is 12.9. The Kier molecular flexibility index (Phi) is 61.8. The normalized spacial score (nSPS) is 12.7. The summed E-state index contributed by atoms with van der Waals surface area (Å²) in [5, 5.41) is 0. The molecule has 1 atom stereocenters. The van der Waals surface area contributed by atoms with Crippen molar-refractivity contribution >= 4 is 17.9 Å². The van der Waals surface area contributed by atoms with Crippen LogP contribution < -0.4 is 0 Å². The quantitative estimate of drug-likeness (QED) is 0.0261. The van der Waals surface area contributed by atoms with Crippen LogP contribution in [0.4, 0.5) is 0 Å². The van der Waals surface area contributed by atoms with Crippen LogP contribution in [0.5, 0.6) is 0 Å². The molecule has 77 heavy (non-hydrogen) atoms. The van der Waals surface area contributed by atoms with Crippen LogP contribution in [0.2, 0.25) is 0 Å². The molecule has 0 amide bonds. The van der Waals surface area contributed by atoms with Crippen LogP contribution in [0.15, 0.2) is 97.2 Å². The summed E-state index contributed by atoms with van der Waals surface area (Å²) < 4.78 is 16.9. The number of esters is 3. The first-order valence-corrected chi connectivity index (χ1v) is 32.7. The van der Waals surface area contributed by atoms with Gasteiger partial charge in [-0.3, -0.25) is 14.4 Å². The van der Waals surface area contributed by atoms with E-state index in [0.717, 1.165) is 77.0 Å². The Bertz CT molecular complexity index is 1510. The van der Waals surface area contributed by atoms with Gasteiger partial charge in [-0.05, 0) is 109 Å². The van der Waals surface area contributed by atoms with Crippen molar-refractivity contribution in [1.29, 1.82) is 0 Å². The van der Waals surface area contributed by atoms with Crippen LogP contribution in [-0.4, -0.2) is 37.2 Å². The zero-order valence-corrected chi connectivity index (χ0v) is 50.7. The molecule has 6 heteroatoms. The van der Waals surface area contributed by atoms with Crippen molar-refractivity contribution in [2.45, 2.75) is 322 Å². The van der Waals surface area contributed by atoms with E-state index in [1.54, 1.807) is 0 Å². The number of carbonyl (C=O) groups excluding carboxylic acids is 3. The Morgan fingerprint density at radius 3 is 0.844 bits per heavy atom. The van der Waals surface area contributed by atoms with Crippen LogP contribution in [0.3, 0.4) is 0 Å². The van der Waals surface area contributed by atoms with Gasteiger partial charge in [0.2, 0.25) is 0 Å². The van der Waals surface area contributed by atoms with Gasteiger partial charge < -0.3 is 14.2 Å². The fourth-order valence-electron chi connectivity index (χ4n) is 9.17. The van der Waals surface area contributed by atoms with Crippen molar-refractivity contribution < 1.29 is 28.6 Å². The summed E-state index contributed by atoms with van der Waals surface area (Å²) in [5.74, 6) is -0.986. The largest absolute Gasteiger partial charge is 0.462 e. The molecule has 0 heterocycles. The molecule has 0 aliphatic heterocycles. The first kappa shape index (κ1) is 73.3. The molecule has 0 aromatic carbocycles. The topological polar surface area (TPSA) is 78.9 Å². The number of rotatable bonds is 59. The van der Waals surface area contributed by atoms with E-state index in [1.165, 1.54) is 193 Å². The molecule has 0 bridgehead atoms. The lowest BCUT2D eigenvalue weighted by Gasteiger charge is -2.18. The van der Waals surface area contributed by atoms with Crippen molar-refractivity contribution in [2.24, 2.45) is 0 Å². The number of allylic oxidation sites excluding steroid dienone is 16. The molecule has 442 valence electrons. The van der Waals surface area contributed by atoms with Gasteiger partial charge in [0.1, 0.15) is 13.2 Å². The van der Waals surface area contributed by atoms with Crippen molar-refractivity contribution in [3.63, 3.8) is 0 Å². The lowest BCUT2D eigenvalue weighted by atomic mass is 10.1. The van der Waals surface area contributed by atoms with Crippen molar-refractivity contribution in [3.8, 4) is 0 Å². The summed E-state index contributed by atoms with van der Waals surface area (Å²) in [6.07, 6.45) is 87.1. The van der Waals surface area contributed by atoms with Gasteiger partial charge >= 0.3 is 17.9 Å². The fourth-order valence-corrected chi connectivity index (χ4v) is 9.17. The van der Waals surface area contributed by atoms with Gasteiger partial charge in [0.05, 0.1) is 0 Å². The highest BCUT2D eigenvalue weighted by atomic mass is 16.6. The summed E-state index contributed by atoms with van der Waals surface area (Å²) >= 11 is 0. The zero-order valence-electron chi connectivity index (χ0n) is 50.7. The van der Waals surface area contributed by atoms with Gasteiger partial charge in [-0.15, -0.1) is 0 Å². The Hall–Kier alpha value is -3.67. The van der Waals surface area contributed by atoms with Crippen molar-refractivity contribution in [2.75, 3.05) is 13.2 Å². The van der Waals surface area contributed by atoms with Gasteiger partial charge in [-0.25, -0.2) is 0 Å². The Balaban J connectivity index is 4.47. The minimum absolute atomic E-state index is 0.108. The summed E-state index contributed by atoms with van der Waals surface area (Å²) in [6.45, 7) is 6.49. The molecule has 0 aliphatic carbocycles. The second-order valence-electron chi connectivity index (χ2n) is 21.6. The molecule has 0 aromatic heterocycles. The lowest BCUT2D eigenvalue weighted by molar-refractivity contribution is -0.166. The van der Waals surface area contributed by atoms with Crippen LogP contribution >= 0.6 is 0 Å². The molecule has 0 saturated heterocycles. The summed E-state index contributed by atoms with van der Waals surface area (Å²) in [7, 11) is 0. The highest BCUT2D eigenvalue weighted by Crippen LogP contribution is 2.16. The molecule has 0 aromatic rings. The molecule has 0 saturated carbocycles.